The van der Waals surface area contributed by atoms with E-state index in [9.17, 15) is 14.9 Å². The first-order valence-corrected chi connectivity index (χ1v) is 10.2. The third-order valence-corrected chi connectivity index (χ3v) is 5.99. The van der Waals surface area contributed by atoms with Crippen LogP contribution in [0.4, 0.5) is 11.4 Å². The lowest BCUT2D eigenvalue weighted by molar-refractivity contribution is -0.384. The van der Waals surface area contributed by atoms with Gasteiger partial charge in [0.05, 0.1) is 11.0 Å². The van der Waals surface area contributed by atoms with Crippen molar-refractivity contribution in [2.75, 3.05) is 11.9 Å². The first-order valence-electron chi connectivity index (χ1n) is 10.2. The number of fused-ring (bicyclic) bond motifs is 2. The lowest BCUT2D eigenvalue weighted by Crippen LogP contribution is -2.46. The van der Waals surface area contributed by atoms with Crippen LogP contribution in [-0.4, -0.2) is 28.5 Å². The van der Waals surface area contributed by atoms with E-state index in [1.165, 1.54) is 12.1 Å². The number of nitro groups is 1. The summed E-state index contributed by atoms with van der Waals surface area (Å²) in [6.07, 6.45) is 0.417. The van der Waals surface area contributed by atoms with Crippen LogP contribution in [0.2, 0.25) is 0 Å². The number of carbonyl (C=O) groups excluding carboxylic acids is 1. The highest BCUT2D eigenvalue weighted by Crippen LogP contribution is 2.46. The summed E-state index contributed by atoms with van der Waals surface area (Å²) < 4.78 is 6.31. The van der Waals surface area contributed by atoms with Crippen LogP contribution in [0.15, 0.2) is 78.9 Å². The maximum Gasteiger partial charge on any atom is 0.269 e. The van der Waals surface area contributed by atoms with Gasteiger partial charge in [-0.05, 0) is 36.8 Å². The van der Waals surface area contributed by atoms with Crippen LogP contribution >= 0.6 is 0 Å². The Balaban J connectivity index is 1.45. The van der Waals surface area contributed by atoms with Crippen LogP contribution in [0.25, 0.3) is 0 Å². The minimum absolute atomic E-state index is 0.0402. The predicted molar refractivity (Wildman–Crippen MR) is 116 cm³/mol. The minimum atomic E-state index is -0.409. The standard InChI is InChI=1S/C24H21N3O4/c28-23(16-6-2-1-3-7-16)26-15-14-20-22(19-8-4-5-9-21(19)31-24(20)26)25-17-10-12-18(13-11-17)27(29)30/h1-13,20,22,24-25H,14-15H2/t20-,22+,24+/m1/s1. The third kappa shape index (κ3) is 3.48. The molecule has 31 heavy (non-hydrogen) atoms. The molecular weight excluding hydrogens is 394 g/mol. The summed E-state index contributed by atoms with van der Waals surface area (Å²) in [5, 5.41) is 14.5. The van der Waals surface area contributed by atoms with Crippen LogP contribution in [0, 0.1) is 16.0 Å². The van der Waals surface area contributed by atoms with E-state index in [1.54, 1.807) is 17.0 Å². The molecule has 0 saturated carbocycles. The molecule has 0 aliphatic carbocycles. The monoisotopic (exact) mass is 415 g/mol. The second kappa shape index (κ2) is 7.75. The highest BCUT2D eigenvalue weighted by Gasteiger charge is 2.47. The van der Waals surface area contributed by atoms with Gasteiger partial charge in [-0.1, -0.05) is 36.4 Å². The molecule has 5 rings (SSSR count). The number of benzene rings is 3. The zero-order valence-electron chi connectivity index (χ0n) is 16.7. The molecule has 3 aromatic carbocycles. The molecule has 156 valence electrons. The van der Waals surface area contributed by atoms with Crippen LogP contribution in [0.3, 0.4) is 0 Å². The van der Waals surface area contributed by atoms with Crippen molar-refractivity contribution in [2.24, 2.45) is 5.92 Å². The van der Waals surface area contributed by atoms with Gasteiger partial charge in [-0.25, -0.2) is 0 Å². The van der Waals surface area contributed by atoms with E-state index in [1.807, 2.05) is 54.6 Å². The number of anilines is 1. The van der Waals surface area contributed by atoms with Crippen LogP contribution in [-0.2, 0) is 0 Å². The zero-order valence-corrected chi connectivity index (χ0v) is 16.7. The van der Waals surface area contributed by atoms with E-state index in [0.29, 0.717) is 12.1 Å². The highest BCUT2D eigenvalue weighted by molar-refractivity contribution is 5.94. The molecule has 0 unspecified atom stereocenters. The van der Waals surface area contributed by atoms with E-state index < -0.39 is 4.92 Å². The van der Waals surface area contributed by atoms with Crippen molar-refractivity contribution in [3.05, 3.63) is 100 Å². The molecule has 3 atom stereocenters. The van der Waals surface area contributed by atoms with Gasteiger partial charge < -0.3 is 15.0 Å². The van der Waals surface area contributed by atoms with Crippen LogP contribution in [0.1, 0.15) is 28.4 Å². The first-order chi connectivity index (χ1) is 15.1. The fraction of sp³-hybridized carbons (Fsp3) is 0.208. The van der Waals surface area contributed by atoms with E-state index in [2.05, 4.69) is 5.32 Å². The fourth-order valence-electron chi connectivity index (χ4n) is 4.48. The van der Waals surface area contributed by atoms with Crippen LogP contribution < -0.4 is 10.1 Å². The Morgan fingerprint density at radius 2 is 1.71 bits per heavy atom. The number of carbonyl (C=O) groups is 1. The number of amides is 1. The number of ether oxygens (including phenoxy) is 1. The Morgan fingerprint density at radius 1 is 1.00 bits per heavy atom. The Labute approximate surface area is 179 Å². The fourth-order valence-corrected chi connectivity index (χ4v) is 4.48. The number of nitrogens with zero attached hydrogens (tertiary/aromatic N) is 2. The van der Waals surface area contributed by atoms with Gasteiger partial charge in [0.25, 0.3) is 11.6 Å². The number of rotatable bonds is 4. The van der Waals surface area contributed by atoms with Crippen molar-refractivity contribution >= 4 is 17.3 Å². The van der Waals surface area contributed by atoms with Crippen molar-refractivity contribution < 1.29 is 14.5 Å². The van der Waals surface area contributed by atoms with Crippen LogP contribution in [0.5, 0.6) is 5.75 Å². The SMILES string of the molecule is O=C(c1ccccc1)N1CC[C@@H]2[C@@H](Nc3ccc([N+](=O)[O-])cc3)c3ccccc3O[C@@H]21. The molecule has 0 spiro atoms. The Hall–Kier alpha value is -3.87. The van der Waals surface area contributed by atoms with Gasteiger partial charge in [0.1, 0.15) is 5.75 Å². The van der Waals surface area contributed by atoms with Gasteiger partial charge >= 0.3 is 0 Å². The molecule has 3 aromatic rings. The number of para-hydroxylation sites is 1. The van der Waals surface area contributed by atoms with E-state index in [4.69, 9.17) is 4.74 Å². The average Bonchev–Trinajstić information content (AvgIpc) is 3.23. The second-order valence-electron chi connectivity index (χ2n) is 7.79. The Bertz CT molecular complexity index is 1120. The van der Waals surface area contributed by atoms with Crippen molar-refractivity contribution in [1.82, 2.24) is 4.90 Å². The molecule has 2 aliphatic rings. The van der Waals surface area contributed by atoms with Crippen molar-refractivity contribution in [3.8, 4) is 5.75 Å². The molecule has 2 aliphatic heterocycles. The lowest BCUT2D eigenvalue weighted by Gasteiger charge is -2.39. The second-order valence-corrected chi connectivity index (χ2v) is 7.79. The number of non-ortho nitro benzene ring substituents is 1. The van der Waals surface area contributed by atoms with Gasteiger partial charge in [-0.15, -0.1) is 0 Å². The lowest BCUT2D eigenvalue weighted by atomic mass is 9.88. The minimum Gasteiger partial charge on any atom is -0.470 e. The molecule has 7 heteroatoms. The molecule has 1 amide bonds. The summed E-state index contributed by atoms with van der Waals surface area (Å²) in [5.41, 5.74) is 2.51. The summed E-state index contributed by atoms with van der Waals surface area (Å²) in [6.45, 7) is 0.607. The van der Waals surface area contributed by atoms with Gasteiger partial charge in [0, 0.05) is 41.4 Å². The van der Waals surface area contributed by atoms with Gasteiger partial charge in [0.2, 0.25) is 0 Å². The molecular formula is C24H21N3O4. The number of hydrogen-bond acceptors (Lipinski definition) is 5. The van der Waals surface area contributed by atoms with Crippen molar-refractivity contribution in [3.63, 3.8) is 0 Å². The molecule has 0 radical (unpaired) electrons. The molecule has 1 fully saturated rings. The summed E-state index contributed by atoms with van der Waals surface area (Å²) in [4.78, 5) is 25.5. The maximum absolute atomic E-state index is 13.1. The smallest absolute Gasteiger partial charge is 0.269 e. The molecule has 0 aromatic heterocycles. The van der Waals surface area contributed by atoms with E-state index >= 15 is 0 Å². The number of nitrogens with one attached hydrogen (secondary N) is 1. The zero-order chi connectivity index (χ0) is 21.4. The normalized spacial score (nSPS) is 21.5. The molecule has 2 heterocycles. The average molecular weight is 415 g/mol. The van der Waals surface area contributed by atoms with E-state index in [-0.39, 0.29) is 29.8 Å². The number of hydrogen-bond donors (Lipinski definition) is 1. The largest absolute Gasteiger partial charge is 0.470 e. The summed E-state index contributed by atoms with van der Waals surface area (Å²) in [7, 11) is 0. The maximum atomic E-state index is 13.1. The Morgan fingerprint density at radius 3 is 2.45 bits per heavy atom. The van der Waals surface area contributed by atoms with E-state index in [0.717, 1.165) is 23.4 Å². The number of nitro benzene ring substituents is 1. The molecule has 0 bridgehead atoms. The molecule has 7 nitrogen and oxygen atoms in total. The third-order valence-electron chi connectivity index (χ3n) is 5.99. The van der Waals surface area contributed by atoms with Gasteiger partial charge in [-0.2, -0.15) is 0 Å². The van der Waals surface area contributed by atoms with Crippen molar-refractivity contribution in [2.45, 2.75) is 18.7 Å². The highest BCUT2D eigenvalue weighted by atomic mass is 16.6. The molecule has 1 N–H and O–H groups in total. The quantitative estimate of drug-likeness (QED) is 0.496. The summed E-state index contributed by atoms with van der Waals surface area (Å²) >= 11 is 0. The molecule has 1 saturated heterocycles. The van der Waals surface area contributed by atoms with Crippen molar-refractivity contribution in [1.29, 1.82) is 0 Å². The van der Waals surface area contributed by atoms with Gasteiger partial charge in [-0.3, -0.25) is 14.9 Å². The van der Waals surface area contributed by atoms with Gasteiger partial charge in [0.15, 0.2) is 6.23 Å². The summed E-state index contributed by atoms with van der Waals surface area (Å²) in [6, 6.07) is 23.4. The summed E-state index contributed by atoms with van der Waals surface area (Å²) in [5.74, 6) is 0.759. The first kappa shape index (κ1) is 19.1. The topological polar surface area (TPSA) is 84.7 Å². The number of likely N-dealkylation sites (tertiary alicyclic amines) is 1. The predicted octanol–water partition coefficient (Wildman–Crippen LogP) is 4.63. The Kier molecular flexibility index (Phi) is 4.78.